The maximum absolute atomic E-state index is 12.1. The number of aromatic nitrogens is 9. The lowest BCUT2D eigenvalue weighted by Gasteiger charge is -2.15. The second-order valence-electron chi connectivity index (χ2n) is 23.2. The molecule has 81 heavy (non-hydrogen) atoms. The number of benzene rings is 3. The van der Waals surface area contributed by atoms with Gasteiger partial charge in [-0.15, -0.1) is 0 Å². The standard InChI is InChI=1S/3C20H21N5O2/c3*1-10-18(25-20(2)6-7-20)24-16-11(4-3-5-13(16)21-10)14-8-12-17(22-14)15(9-26)23-19(12)27/h3*3-5,8,15,22,26H,6-7,9H2,1-2H3,(H,23,27)(H,24,25)/t2*15-;/m10./s1. The summed E-state index contributed by atoms with van der Waals surface area (Å²) >= 11 is 0. The van der Waals surface area contributed by atoms with Gasteiger partial charge in [-0.25, -0.2) is 29.9 Å². The summed E-state index contributed by atoms with van der Waals surface area (Å²) in [7, 11) is 0. The first-order valence-electron chi connectivity index (χ1n) is 27.5. The first-order chi connectivity index (χ1) is 38.9. The van der Waals surface area contributed by atoms with Gasteiger partial charge < -0.3 is 62.2 Å². The van der Waals surface area contributed by atoms with Gasteiger partial charge in [0.1, 0.15) is 34.0 Å². The van der Waals surface area contributed by atoms with Gasteiger partial charge in [0.15, 0.2) is 0 Å². The van der Waals surface area contributed by atoms with Crippen molar-refractivity contribution >= 4 is 68.3 Å². The SMILES string of the molecule is Cc1nc2cccc(-c3cc4c([nH]3)C(CO)NC4=O)c2nc1NC1(C)CC1.Cc1nc2cccc(-c3cc4c([nH]3)[C@@H](CO)NC4=O)c2nc1NC1(C)CC1.Cc1nc2cccc(-c3cc4c([nH]3)[C@H](CO)NC4=O)c2nc1NC1(C)CC1. The van der Waals surface area contributed by atoms with Crippen LogP contribution in [0, 0.1) is 20.8 Å². The van der Waals surface area contributed by atoms with Crippen molar-refractivity contribution in [2.24, 2.45) is 0 Å². The molecule has 3 saturated carbocycles. The lowest BCUT2D eigenvalue weighted by molar-refractivity contribution is 0.0934. The van der Waals surface area contributed by atoms with Crippen LogP contribution in [0.4, 0.5) is 17.5 Å². The third-order valence-corrected chi connectivity index (χ3v) is 16.5. The van der Waals surface area contributed by atoms with Crippen molar-refractivity contribution in [1.82, 2.24) is 60.8 Å². The van der Waals surface area contributed by atoms with E-state index in [9.17, 15) is 29.7 Å². The van der Waals surface area contributed by atoms with Gasteiger partial charge in [0.2, 0.25) is 0 Å². The fourth-order valence-corrected chi connectivity index (χ4v) is 10.9. The first-order valence-corrected chi connectivity index (χ1v) is 27.5. The van der Waals surface area contributed by atoms with E-state index in [0.717, 1.165) is 157 Å². The average Bonchev–Trinajstić information content (AvgIpc) is 4.43. The second-order valence-corrected chi connectivity index (χ2v) is 23.2. The van der Waals surface area contributed by atoms with E-state index < -0.39 is 18.1 Å². The Morgan fingerprint density at radius 3 is 0.951 bits per heavy atom. The largest absolute Gasteiger partial charge is 0.394 e. The maximum atomic E-state index is 12.1. The van der Waals surface area contributed by atoms with Crippen molar-refractivity contribution in [2.75, 3.05) is 35.8 Å². The molecular weight excluding hydrogens is 1030 g/mol. The van der Waals surface area contributed by atoms with Crippen molar-refractivity contribution in [1.29, 1.82) is 0 Å². The number of aliphatic hydroxyl groups is 3. The van der Waals surface area contributed by atoms with Gasteiger partial charge >= 0.3 is 0 Å². The fourth-order valence-electron chi connectivity index (χ4n) is 10.9. The van der Waals surface area contributed by atoms with E-state index in [4.69, 9.17) is 29.9 Å². The number of rotatable bonds is 12. The molecule has 6 aromatic heterocycles. The number of fused-ring (bicyclic) bond motifs is 6. The zero-order chi connectivity index (χ0) is 56.3. The fraction of sp³-hybridized carbons (Fsp3) is 0.350. The highest BCUT2D eigenvalue weighted by atomic mass is 16.3. The number of hydrogen-bond donors (Lipinski definition) is 12. The number of aliphatic hydroxyl groups excluding tert-OH is 3. The van der Waals surface area contributed by atoms with Crippen molar-refractivity contribution in [3.63, 3.8) is 0 Å². The lowest BCUT2D eigenvalue weighted by Crippen LogP contribution is -2.22. The van der Waals surface area contributed by atoms with E-state index in [0.29, 0.717) is 16.7 Å². The third kappa shape index (κ3) is 9.53. The summed E-state index contributed by atoms with van der Waals surface area (Å²) in [6.07, 6.45) is 6.80. The molecule has 3 amide bonds. The minimum atomic E-state index is -0.392. The number of H-pyrrole nitrogens is 3. The zero-order valence-electron chi connectivity index (χ0n) is 45.8. The molecule has 21 nitrogen and oxygen atoms in total. The highest BCUT2D eigenvalue weighted by Gasteiger charge is 2.41. The Labute approximate surface area is 465 Å². The van der Waals surface area contributed by atoms with Gasteiger partial charge in [-0.3, -0.25) is 14.4 Å². The quantitative estimate of drug-likeness (QED) is 0.0551. The van der Waals surface area contributed by atoms with Crippen LogP contribution in [0.5, 0.6) is 0 Å². The van der Waals surface area contributed by atoms with Crippen LogP contribution in [-0.4, -0.2) is 114 Å². The van der Waals surface area contributed by atoms with Gasteiger partial charge in [-0.1, -0.05) is 36.4 Å². The summed E-state index contributed by atoms with van der Waals surface area (Å²) in [5.74, 6) is 1.91. The van der Waals surface area contributed by atoms with Gasteiger partial charge in [0, 0.05) is 50.4 Å². The highest BCUT2D eigenvalue weighted by Crippen LogP contribution is 2.43. The highest BCUT2D eigenvalue weighted by molar-refractivity contribution is 6.04. The number of nitrogens with zero attached hydrogens (tertiary/aromatic N) is 6. The molecule has 3 aliphatic heterocycles. The van der Waals surface area contributed by atoms with Crippen LogP contribution in [0.25, 0.3) is 66.9 Å². The Morgan fingerprint density at radius 2 is 0.704 bits per heavy atom. The third-order valence-electron chi connectivity index (χ3n) is 16.5. The van der Waals surface area contributed by atoms with Crippen LogP contribution in [-0.2, 0) is 0 Å². The number of nitrogens with one attached hydrogen (secondary N) is 9. The molecule has 0 radical (unpaired) electrons. The molecule has 9 aromatic rings. The summed E-state index contributed by atoms with van der Waals surface area (Å²) < 4.78 is 0. The van der Waals surface area contributed by atoms with Crippen LogP contribution >= 0.6 is 0 Å². The van der Waals surface area contributed by atoms with Crippen molar-refractivity contribution in [3.05, 3.63) is 124 Å². The minimum absolute atomic E-state index is 0.113. The number of carbonyl (C=O) groups excluding carboxylic acids is 3. The summed E-state index contributed by atoms with van der Waals surface area (Å²) in [5, 5.41) is 47.3. The van der Waals surface area contributed by atoms with Gasteiger partial charge in [-0.05, 0) is 116 Å². The molecule has 12 N–H and O–H groups in total. The van der Waals surface area contributed by atoms with E-state index in [1.165, 1.54) is 0 Å². The Hall–Kier alpha value is -8.79. The van der Waals surface area contributed by atoms with Gasteiger partial charge in [-0.2, -0.15) is 0 Å². The van der Waals surface area contributed by atoms with Crippen LogP contribution in [0.1, 0.15) is 143 Å². The molecule has 414 valence electrons. The number of aromatic amines is 3. The molecule has 21 heteroatoms. The number of hydrogen-bond acceptors (Lipinski definition) is 15. The van der Waals surface area contributed by atoms with Crippen LogP contribution < -0.4 is 31.9 Å². The molecule has 3 fully saturated rings. The molecule has 3 atom stereocenters. The molecule has 0 bridgehead atoms. The average molecular weight is 1090 g/mol. The summed E-state index contributed by atoms with van der Waals surface area (Å²) in [6, 6.07) is 21.9. The predicted molar refractivity (Wildman–Crippen MR) is 308 cm³/mol. The monoisotopic (exact) mass is 1090 g/mol. The van der Waals surface area contributed by atoms with E-state index in [1.54, 1.807) is 0 Å². The number of anilines is 3. The summed E-state index contributed by atoms with van der Waals surface area (Å²) in [4.78, 5) is 75.1. The Bertz CT molecular complexity index is 3660. The van der Waals surface area contributed by atoms with E-state index in [2.05, 4.69) is 67.6 Å². The van der Waals surface area contributed by atoms with Gasteiger partial charge in [0.25, 0.3) is 17.7 Å². The van der Waals surface area contributed by atoms with Gasteiger partial charge in [0.05, 0.1) is 105 Å². The van der Waals surface area contributed by atoms with Crippen LogP contribution in [0.2, 0.25) is 0 Å². The summed E-state index contributed by atoms with van der Waals surface area (Å²) in [6.45, 7) is 12.0. The molecular formula is C60H63N15O6. The number of para-hydroxylation sites is 3. The van der Waals surface area contributed by atoms with Crippen molar-refractivity contribution in [3.8, 4) is 33.8 Å². The number of amides is 3. The normalized spacial score (nSPS) is 19.8. The van der Waals surface area contributed by atoms with E-state index >= 15 is 0 Å². The first kappa shape index (κ1) is 51.6. The topological polar surface area (TPSA) is 309 Å². The van der Waals surface area contributed by atoms with Crippen LogP contribution in [0.15, 0.2) is 72.8 Å². The number of aryl methyl sites for hydroxylation is 3. The summed E-state index contributed by atoms with van der Waals surface area (Å²) in [5.41, 5.74) is 16.8. The molecule has 0 spiro atoms. The molecule has 3 aromatic carbocycles. The minimum Gasteiger partial charge on any atom is -0.394 e. The predicted octanol–water partition coefficient (Wildman–Crippen LogP) is 8.02. The molecule has 6 aliphatic rings. The lowest BCUT2D eigenvalue weighted by atomic mass is 10.1. The van der Waals surface area contributed by atoms with Crippen LogP contribution in [0.3, 0.4) is 0 Å². The van der Waals surface area contributed by atoms with E-state index in [1.807, 2.05) is 93.6 Å². The molecule has 3 aliphatic carbocycles. The maximum Gasteiger partial charge on any atom is 0.253 e. The van der Waals surface area contributed by atoms with E-state index in [-0.39, 0.29) is 54.2 Å². The zero-order valence-corrected chi connectivity index (χ0v) is 45.8. The number of carbonyl (C=O) groups is 3. The second kappa shape index (κ2) is 19.2. The Morgan fingerprint density at radius 1 is 0.432 bits per heavy atom. The molecule has 0 saturated heterocycles. The Balaban J connectivity index is 0.000000114. The smallest absolute Gasteiger partial charge is 0.253 e. The molecule has 15 rings (SSSR count). The van der Waals surface area contributed by atoms with Crippen molar-refractivity contribution in [2.45, 2.75) is 115 Å². The van der Waals surface area contributed by atoms with Crippen molar-refractivity contribution < 1.29 is 29.7 Å². The molecule has 1 unspecified atom stereocenters. The Kier molecular flexibility index (Phi) is 12.2. The molecule has 9 heterocycles.